The van der Waals surface area contributed by atoms with E-state index in [9.17, 15) is 0 Å². The van der Waals surface area contributed by atoms with Gasteiger partial charge in [0, 0.05) is 24.0 Å². The zero-order valence-corrected chi connectivity index (χ0v) is 11.2. The summed E-state index contributed by atoms with van der Waals surface area (Å²) in [6, 6.07) is 14.6. The van der Waals surface area contributed by atoms with Crippen LogP contribution in [-0.4, -0.2) is 7.11 Å². The average Bonchev–Trinajstić information content (AvgIpc) is 2.36. The fraction of sp³-hybridized carbons (Fsp3) is 0.250. The van der Waals surface area contributed by atoms with E-state index in [1.165, 1.54) is 22.4 Å². The molecule has 0 fully saturated rings. The summed E-state index contributed by atoms with van der Waals surface area (Å²) in [5.41, 5.74) is 5.96. The summed E-state index contributed by atoms with van der Waals surface area (Å²) in [5, 5.41) is 3.51. The third kappa shape index (κ3) is 2.71. The lowest BCUT2D eigenvalue weighted by Gasteiger charge is -2.15. The van der Waals surface area contributed by atoms with Crippen LogP contribution in [0.1, 0.15) is 16.7 Å². The van der Waals surface area contributed by atoms with Crippen molar-refractivity contribution in [3.8, 4) is 0 Å². The van der Waals surface area contributed by atoms with E-state index in [2.05, 4.69) is 49.5 Å². The summed E-state index contributed by atoms with van der Waals surface area (Å²) in [7, 11) is 1.72. The molecule has 2 aromatic rings. The molecule has 0 amide bonds. The van der Waals surface area contributed by atoms with Crippen LogP contribution in [0.25, 0.3) is 0 Å². The fourth-order valence-corrected chi connectivity index (χ4v) is 2.07. The molecule has 0 aliphatic heterocycles. The van der Waals surface area contributed by atoms with Crippen molar-refractivity contribution in [1.29, 1.82) is 0 Å². The number of hydrogen-bond acceptors (Lipinski definition) is 2. The average molecular weight is 241 g/mol. The molecule has 2 heteroatoms. The van der Waals surface area contributed by atoms with Crippen molar-refractivity contribution in [2.24, 2.45) is 0 Å². The van der Waals surface area contributed by atoms with Crippen LogP contribution in [0.5, 0.6) is 0 Å². The first-order chi connectivity index (χ1) is 8.72. The molecule has 0 aliphatic carbocycles. The van der Waals surface area contributed by atoms with Crippen LogP contribution in [0.2, 0.25) is 0 Å². The fourth-order valence-electron chi connectivity index (χ4n) is 2.07. The van der Waals surface area contributed by atoms with Crippen LogP contribution in [-0.2, 0) is 11.3 Å². The van der Waals surface area contributed by atoms with E-state index < -0.39 is 0 Å². The summed E-state index contributed by atoms with van der Waals surface area (Å²) in [5.74, 6) is 0. The molecule has 0 atom stereocenters. The number of rotatable bonds is 4. The molecule has 2 rings (SSSR count). The van der Waals surface area contributed by atoms with E-state index in [0.717, 1.165) is 5.69 Å². The standard InChI is InChI=1S/C16H19NO/c1-12-7-6-8-13(2)16(12)17-15-10-5-4-9-14(15)11-18-3/h4-10,17H,11H2,1-3H3. The molecule has 2 nitrogen and oxygen atoms in total. The summed E-state index contributed by atoms with van der Waals surface area (Å²) in [6.45, 7) is 4.86. The number of aryl methyl sites for hydroxylation is 2. The normalized spacial score (nSPS) is 10.4. The quantitative estimate of drug-likeness (QED) is 0.866. The summed E-state index contributed by atoms with van der Waals surface area (Å²) >= 11 is 0. The van der Waals surface area contributed by atoms with Crippen molar-refractivity contribution in [3.63, 3.8) is 0 Å². The van der Waals surface area contributed by atoms with Gasteiger partial charge in [-0.2, -0.15) is 0 Å². The molecule has 0 heterocycles. The minimum absolute atomic E-state index is 0.619. The number of nitrogens with one attached hydrogen (secondary N) is 1. The lowest BCUT2D eigenvalue weighted by Crippen LogP contribution is -2.00. The Kier molecular flexibility index (Phi) is 4.00. The molecular weight excluding hydrogens is 222 g/mol. The summed E-state index contributed by atoms with van der Waals surface area (Å²) in [6.07, 6.45) is 0. The number of para-hydroxylation sites is 2. The molecule has 2 aromatic carbocycles. The monoisotopic (exact) mass is 241 g/mol. The van der Waals surface area contributed by atoms with Crippen LogP contribution in [0.15, 0.2) is 42.5 Å². The maximum Gasteiger partial charge on any atom is 0.0733 e. The highest BCUT2D eigenvalue weighted by Crippen LogP contribution is 2.26. The highest BCUT2D eigenvalue weighted by molar-refractivity contribution is 5.68. The van der Waals surface area contributed by atoms with Gasteiger partial charge in [-0.25, -0.2) is 0 Å². The van der Waals surface area contributed by atoms with Gasteiger partial charge in [-0.15, -0.1) is 0 Å². The molecule has 94 valence electrons. The molecular formula is C16H19NO. The van der Waals surface area contributed by atoms with Gasteiger partial charge >= 0.3 is 0 Å². The summed E-state index contributed by atoms with van der Waals surface area (Å²) < 4.78 is 5.23. The van der Waals surface area contributed by atoms with Gasteiger partial charge in [0.1, 0.15) is 0 Å². The van der Waals surface area contributed by atoms with Crippen LogP contribution >= 0.6 is 0 Å². The Hall–Kier alpha value is -1.80. The smallest absolute Gasteiger partial charge is 0.0733 e. The SMILES string of the molecule is COCc1ccccc1Nc1c(C)cccc1C. The third-order valence-corrected chi connectivity index (χ3v) is 3.06. The van der Waals surface area contributed by atoms with Crippen LogP contribution in [0.4, 0.5) is 11.4 Å². The first-order valence-electron chi connectivity index (χ1n) is 6.12. The van der Waals surface area contributed by atoms with Crippen LogP contribution in [0.3, 0.4) is 0 Å². The van der Waals surface area contributed by atoms with E-state index in [4.69, 9.17) is 4.74 Å². The van der Waals surface area contributed by atoms with E-state index in [0.29, 0.717) is 6.61 Å². The Morgan fingerprint density at radius 3 is 2.28 bits per heavy atom. The summed E-state index contributed by atoms with van der Waals surface area (Å²) in [4.78, 5) is 0. The molecule has 0 saturated heterocycles. The minimum atomic E-state index is 0.619. The molecule has 0 aliphatic rings. The number of ether oxygens (including phenoxy) is 1. The van der Waals surface area contributed by atoms with E-state index in [-0.39, 0.29) is 0 Å². The molecule has 0 spiro atoms. The van der Waals surface area contributed by atoms with Gasteiger partial charge in [0.25, 0.3) is 0 Å². The predicted octanol–water partition coefficient (Wildman–Crippen LogP) is 4.19. The lowest BCUT2D eigenvalue weighted by molar-refractivity contribution is 0.185. The van der Waals surface area contributed by atoms with Crippen molar-refractivity contribution in [2.45, 2.75) is 20.5 Å². The minimum Gasteiger partial charge on any atom is -0.380 e. The second kappa shape index (κ2) is 5.69. The molecule has 0 bridgehead atoms. The topological polar surface area (TPSA) is 21.3 Å². The predicted molar refractivity (Wildman–Crippen MR) is 76.4 cm³/mol. The lowest BCUT2D eigenvalue weighted by atomic mass is 10.1. The Bertz CT molecular complexity index is 514. The first kappa shape index (κ1) is 12.7. The van der Waals surface area contributed by atoms with Gasteiger partial charge in [-0.1, -0.05) is 36.4 Å². The Labute approximate surface area is 109 Å². The van der Waals surface area contributed by atoms with Crippen molar-refractivity contribution >= 4 is 11.4 Å². The number of anilines is 2. The van der Waals surface area contributed by atoms with Crippen molar-refractivity contribution in [3.05, 3.63) is 59.2 Å². The van der Waals surface area contributed by atoms with Gasteiger partial charge in [-0.3, -0.25) is 0 Å². The van der Waals surface area contributed by atoms with Crippen molar-refractivity contribution < 1.29 is 4.74 Å². The first-order valence-corrected chi connectivity index (χ1v) is 6.12. The maximum absolute atomic E-state index is 5.23. The van der Waals surface area contributed by atoms with E-state index in [1.54, 1.807) is 7.11 Å². The Morgan fingerprint density at radius 2 is 1.61 bits per heavy atom. The molecule has 0 radical (unpaired) electrons. The highest BCUT2D eigenvalue weighted by Gasteiger charge is 2.05. The van der Waals surface area contributed by atoms with Gasteiger partial charge in [0.15, 0.2) is 0 Å². The maximum atomic E-state index is 5.23. The number of methoxy groups -OCH3 is 1. The van der Waals surface area contributed by atoms with Crippen molar-refractivity contribution in [1.82, 2.24) is 0 Å². The van der Waals surface area contributed by atoms with E-state index in [1.807, 2.05) is 12.1 Å². The highest BCUT2D eigenvalue weighted by atomic mass is 16.5. The Morgan fingerprint density at radius 1 is 0.944 bits per heavy atom. The van der Waals surface area contributed by atoms with Gasteiger partial charge < -0.3 is 10.1 Å². The molecule has 0 aromatic heterocycles. The largest absolute Gasteiger partial charge is 0.380 e. The van der Waals surface area contributed by atoms with Crippen molar-refractivity contribution in [2.75, 3.05) is 12.4 Å². The molecule has 18 heavy (non-hydrogen) atoms. The van der Waals surface area contributed by atoms with E-state index >= 15 is 0 Å². The number of benzene rings is 2. The van der Waals surface area contributed by atoms with Crippen LogP contribution < -0.4 is 5.32 Å². The van der Waals surface area contributed by atoms with Gasteiger partial charge in [-0.05, 0) is 31.0 Å². The zero-order valence-electron chi connectivity index (χ0n) is 11.2. The number of hydrogen-bond donors (Lipinski definition) is 1. The third-order valence-electron chi connectivity index (χ3n) is 3.06. The van der Waals surface area contributed by atoms with Crippen LogP contribution in [0, 0.1) is 13.8 Å². The molecule has 0 saturated carbocycles. The molecule has 0 unspecified atom stereocenters. The molecule has 1 N–H and O–H groups in total. The van der Waals surface area contributed by atoms with Gasteiger partial charge in [0.05, 0.1) is 6.61 Å². The second-order valence-electron chi connectivity index (χ2n) is 4.48. The zero-order chi connectivity index (χ0) is 13.0. The van der Waals surface area contributed by atoms with Gasteiger partial charge in [0.2, 0.25) is 0 Å². The second-order valence-corrected chi connectivity index (χ2v) is 4.48. The Balaban J connectivity index is 2.34.